The molecule has 0 aliphatic heterocycles. The number of phenols is 2. The first-order chi connectivity index (χ1) is 17.1. The van der Waals surface area contributed by atoms with E-state index in [4.69, 9.17) is 9.98 Å². The van der Waals surface area contributed by atoms with Crippen molar-refractivity contribution in [1.82, 2.24) is 0 Å². The zero-order chi connectivity index (χ0) is 27.7. The second-order valence-corrected chi connectivity index (χ2v) is 23.6. The number of benzene rings is 2. The summed E-state index contributed by atoms with van der Waals surface area (Å²) in [6.07, 6.45) is 6.65. The fourth-order valence-electron chi connectivity index (χ4n) is 4.88. The maximum absolute atomic E-state index is 10.9. The zero-order valence-corrected chi connectivity index (χ0v) is 26.7. The van der Waals surface area contributed by atoms with E-state index in [0.717, 1.165) is 41.5 Å². The van der Waals surface area contributed by atoms with Crippen LogP contribution in [0.3, 0.4) is 0 Å². The molecule has 1 aliphatic rings. The van der Waals surface area contributed by atoms with Crippen molar-refractivity contribution in [3.8, 4) is 11.5 Å². The highest BCUT2D eigenvalue weighted by Crippen LogP contribution is 2.31. The second-order valence-electron chi connectivity index (χ2n) is 13.5. The number of aromatic hydroxyl groups is 2. The Morgan fingerprint density at radius 2 is 1.03 bits per heavy atom. The van der Waals surface area contributed by atoms with E-state index >= 15 is 0 Å². The number of nitrogens with zero attached hydrogens (tertiary/aromatic N) is 2. The van der Waals surface area contributed by atoms with Gasteiger partial charge in [0.05, 0.1) is 28.2 Å². The minimum absolute atomic E-state index is 0.202. The van der Waals surface area contributed by atoms with Gasteiger partial charge in [-0.15, -0.1) is 0 Å². The molecular formula is C31H48N2O2Si2. The van der Waals surface area contributed by atoms with E-state index in [1.165, 1.54) is 10.4 Å². The average molecular weight is 537 g/mol. The Morgan fingerprint density at radius 3 is 1.32 bits per heavy atom. The Hall–Kier alpha value is -2.19. The molecule has 0 spiro atoms. The molecular weight excluding hydrogens is 489 g/mol. The van der Waals surface area contributed by atoms with E-state index in [2.05, 4.69) is 91.2 Å². The van der Waals surface area contributed by atoms with Crippen molar-refractivity contribution in [3.05, 3.63) is 46.5 Å². The molecule has 3 rings (SSSR count). The summed E-state index contributed by atoms with van der Waals surface area (Å²) >= 11 is 0. The summed E-state index contributed by atoms with van der Waals surface area (Å²) in [6.45, 7) is 22.6. The van der Waals surface area contributed by atoms with Crippen molar-refractivity contribution >= 4 is 39.0 Å². The molecule has 2 atom stereocenters. The summed E-state index contributed by atoms with van der Waals surface area (Å²) in [5, 5.41) is 24.6. The van der Waals surface area contributed by atoms with Crippen LogP contribution in [-0.2, 0) is 0 Å². The number of aliphatic imine (C=N–C) groups is 2. The van der Waals surface area contributed by atoms with Gasteiger partial charge in [0.15, 0.2) is 0 Å². The Morgan fingerprint density at radius 1 is 0.676 bits per heavy atom. The molecule has 2 unspecified atom stereocenters. The second kappa shape index (κ2) is 11.3. The van der Waals surface area contributed by atoms with Gasteiger partial charge in [0.25, 0.3) is 0 Å². The van der Waals surface area contributed by atoms with Crippen molar-refractivity contribution in [1.29, 1.82) is 0 Å². The molecule has 0 bridgehead atoms. The fourth-order valence-corrected chi connectivity index (χ4v) is 7.23. The van der Waals surface area contributed by atoms with Crippen molar-refractivity contribution in [2.75, 3.05) is 0 Å². The van der Waals surface area contributed by atoms with Crippen molar-refractivity contribution in [3.63, 3.8) is 0 Å². The van der Waals surface area contributed by atoms with Gasteiger partial charge in [-0.05, 0) is 42.2 Å². The first-order valence-corrected chi connectivity index (χ1v) is 20.9. The van der Waals surface area contributed by atoms with Gasteiger partial charge in [0, 0.05) is 23.6 Å². The van der Waals surface area contributed by atoms with E-state index in [9.17, 15) is 10.2 Å². The lowest BCUT2D eigenvalue weighted by Gasteiger charge is -2.21. The average Bonchev–Trinajstić information content (AvgIpc) is 3.23. The minimum Gasteiger partial charge on any atom is -0.507 e. The molecule has 0 saturated heterocycles. The molecule has 0 amide bonds. The first-order valence-electron chi connectivity index (χ1n) is 13.9. The van der Waals surface area contributed by atoms with Crippen LogP contribution >= 0.6 is 0 Å². The monoisotopic (exact) mass is 536 g/mol. The van der Waals surface area contributed by atoms with Crippen LogP contribution in [0.25, 0.3) is 0 Å². The predicted octanol–water partition coefficient (Wildman–Crippen LogP) is 6.89. The van der Waals surface area contributed by atoms with Crippen LogP contribution in [0.4, 0.5) is 0 Å². The van der Waals surface area contributed by atoms with Gasteiger partial charge >= 0.3 is 0 Å². The van der Waals surface area contributed by atoms with Crippen molar-refractivity contribution in [2.24, 2.45) is 9.98 Å². The van der Waals surface area contributed by atoms with Gasteiger partial charge in [-0.25, -0.2) is 0 Å². The number of hydrogen-bond acceptors (Lipinski definition) is 4. The van der Waals surface area contributed by atoms with Crippen LogP contribution in [0.2, 0.25) is 39.3 Å². The summed E-state index contributed by atoms with van der Waals surface area (Å²) in [7, 11) is -3.04. The zero-order valence-electron chi connectivity index (χ0n) is 24.7. The van der Waals surface area contributed by atoms with E-state index in [-0.39, 0.29) is 23.9 Å². The Labute approximate surface area is 227 Å². The van der Waals surface area contributed by atoms with Gasteiger partial charge in [-0.1, -0.05) is 102 Å². The van der Waals surface area contributed by atoms with Gasteiger partial charge < -0.3 is 10.2 Å². The lowest BCUT2D eigenvalue weighted by Crippen LogP contribution is -2.38. The molecule has 37 heavy (non-hydrogen) atoms. The molecule has 202 valence electrons. The molecule has 0 heterocycles. The number of rotatable bonds is 8. The molecule has 6 heteroatoms. The highest BCUT2D eigenvalue weighted by molar-refractivity contribution is 6.89. The SMILES string of the molecule is CC(C)c1cc([Si](C)(C)C)cc(C=NC2CCC(N=Cc3cc([Si](C)(C)C)cc(C(C)C)c3O)C2)c1O. The van der Waals surface area contributed by atoms with Crippen molar-refractivity contribution < 1.29 is 10.2 Å². The smallest absolute Gasteiger partial charge is 0.127 e. The molecule has 2 aromatic carbocycles. The van der Waals surface area contributed by atoms with Crippen LogP contribution in [-0.4, -0.2) is 50.9 Å². The minimum atomic E-state index is -1.52. The van der Waals surface area contributed by atoms with Gasteiger partial charge in [0.1, 0.15) is 11.5 Å². The van der Waals surface area contributed by atoms with Crippen LogP contribution in [0.15, 0.2) is 34.3 Å². The van der Waals surface area contributed by atoms with E-state index < -0.39 is 16.1 Å². The Kier molecular flexibility index (Phi) is 8.95. The van der Waals surface area contributed by atoms with Crippen LogP contribution < -0.4 is 10.4 Å². The molecule has 2 aromatic rings. The highest BCUT2D eigenvalue weighted by Gasteiger charge is 2.25. The lowest BCUT2D eigenvalue weighted by molar-refractivity contribution is 0.463. The third-order valence-corrected chi connectivity index (χ3v) is 11.6. The number of hydrogen-bond donors (Lipinski definition) is 2. The summed E-state index contributed by atoms with van der Waals surface area (Å²) in [5.74, 6) is 1.26. The van der Waals surface area contributed by atoms with Crippen molar-refractivity contribution in [2.45, 2.75) is 110 Å². The normalized spacial score (nSPS) is 19.2. The quantitative estimate of drug-likeness (QED) is 0.285. The number of phenolic OH excluding ortho intramolecular Hbond substituents is 2. The molecule has 0 radical (unpaired) electrons. The van der Waals surface area contributed by atoms with Crippen LogP contribution in [0.5, 0.6) is 11.5 Å². The first kappa shape index (κ1) is 29.4. The van der Waals surface area contributed by atoms with E-state index in [1.807, 2.05) is 12.4 Å². The topological polar surface area (TPSA) is 65.2 Å². The summed E-state index contributed by atoms with van der Waals surface area (Å²) in [6, 6.07) is 9.08. The van der Waals surface area contributed by atoms with Crippen LogP contribution in [0, 0.1) is 0 Å². The molecule has 1 saturated carbocycles. The predicted molar refractivity (Wildman–Crippen MR) is 167 cm³/mol. The molecule has 0 aromatic heterocycles. The third kappa shape index (κ3) is 7.23. The van der Waals surface area contributed by atoms with E-state index in [0.29, 0.717) is 11.5 Å². The van der Waals surface area contributed by atoms with E-state index in [1.54, 1.807) is 0 Å². The fraction of sp³-hybridized carbons (Fsp3) is 0.548. The summed E-state index contributed by atoms with van der Waals surface area (Å²) in [4.78, 5) is 9.79. The summed E-state index contributed by atoms with van der Waals surface area (Å²) in [5.41, 5.74) is 3.70. The third-order valence-electron chi connectivity index (χ3n) is 7.54. The Balaban J connectivity index is 1.79. The van der Waals surface area contributed by atoms with Gasteiger partial charge in [-0.3, -0.25) is 9.98 Å². The molecule has 1 fully saturated rings. The maximum Gasteiger partial charge on any atom is 0.127 e. The Bertz CT molecular complexity index is 1080. The molecule has 2 N–H and O–H groups in total. The maximum atomic E-state index is 10.9. The lowest BCUT2D eigenvalue weighted by atomic mass is 9.99. The highest BCUT2D eigenvalue weighted by atomic mass is 28.3. The van der Waals surface area contributed by atoms with Crippen LogP contribution in [0.1, 0.15) is 81.0 Å². The molecule has 4 nitrogen and oxygen atoms in total. The largest absolute Gasteiger partial charge is 0.507 e. The summed E-state index contributed by atoms with van der Waals surface area (Å²) < 4.78 is 0. The standard InChI is InChI=1S/C31H48N2O2Si2/c1-20(2)28-16-26(36(5,6)7)13-22(30(28)34)18-32-24-11-12-25(15-24)33-19-23-14-27(37(8,9)10)17-29(21(3)4)31(23)35/h13-14,16-21,24-25,34-35H,11-12,15H2,1-10H3. The van der Waals surface area contributed by atoms with Gasteiger partial charge in [-0.2, -0.15) is 0 Å². The molecule has 1 aliphatic carbocycles. The van der Waals surface area contributed by atoms with Gasteiger partial charge in [0.2, 0.25) is 0 Å².